The number of benzene rings is 2. The van der Waals surface area contributed by atoms with Gasteiger partial charge in [-0.05, 0) is 60.2 Å². The van der Waals surface area contributed by atoms with Crippen LogP contribution in [0.1, 0.15) is 36.7 Å². The average molecular weight is 533 g/mol. The maximum atomic E-state index is 15.3. The van der Waals surface area contributed by atoms with Crippen LogP contribution in [-0.2, 0) is 10.7 Å². The van der Waals surface area contributed by atoms with Crippen LogP contribution < -0.4 is 14.8 Å². The van der Waals surface area contributed by atoms with Gasteiger partial charge in [-0.1, -0.05) is 24.1 Å². The second-order valence-electron chi connectivity index (χ2n) is 10.3. The van der Waals surface area contributed by atoms with E-state index in [0.717, 1.165) is 32.0 Å². The maximum absolute atomic E-state index is 15.3. The molecular weight excluding hydrogens is 506 g/mol. The molecule has 6 rings (SSSR count). The van der Waals surface area contributed by atoms with Crippen LogP contribution in [0.5, 0.6) is 11.5 Å². The molecule has 3 aromatic rings. The Bertz CT molecular complexity index is 1330. The van der Waals surface area contributed by atoms with Gasteiger partial charge in [-0.15, -0.1) is 0 Å². The highest BCUT2D eigenvalue weighted by Crippen LogP contribution is 2.48. The molecule has 3 heterocycles. The lowest BCUT2D eigenvalue weighted by atomic mass is 9.63. The van der Waals surface area contributed by atoms with Crippen LogP contribution in [0.25, 0.3) is 11.0 Å². The van der Waals surface area contributed by atoms with Gasteiger partial charge in [-0.25, -0.2) is 0 Å². The third-order valence-electron chi connectivity index (χ3n) is 7.67. The van der Waals surface area contributed by atoms with Gasteiger partial charge in [0.25, 0.3) is 5.91 Å². The fourth-order valence-electron chi connectivity index (χ4n) is 5.54. The van der Waals surface area contributed by atoms with E-state index >= 15 is 8.78 Å². The molecule has 3 aliphatic rings. The van der Waals surface area contributed by atoms with Crippen molar-refractivity contribution in [2.45, 2.75) is 37.3 Å². The van der Waals surface area contributed by atoms with E-state index in [4.69, 9.17) is 25.5 Å². The van der Waals surface area contributed by atoms with Crippen LogP contribution >= 0.6 is 11.6 Å². The van der Waals surface area contributed by atoms with Crippen molar-refractivity contribution < 1.29 is 32.6 Å². The van der Waals surface area contributed by atoms with Crippen LogP contribution in [0.15, 0.2) is 46.9 Å². The summed E-state index contributed by atoms with van der Waals surface area (Å²) in [6, 6.07) is 9.57. The first kappa shape index (κ1) is 24.5. The summed E-state index contributed by atoms with van der Waals surface area (Å²) >= 11 is 5.96. The van der Waals surface area contributed by atoms with Gasteiger partial charge in [0.1, 0.15) is 24.9 Å². The number of hydrogen-bond donors (Lipinski definition) is 2. The quantitative estimate of drug-likeness (QED) is 0.461. The zero-order chi connectivity index (χ0) is 25.8. The number of aliphatic hydroxyl groups is 1. The number of amides is 1. The summed E-state index contributed by atoms with van der Waals surface area (Å²) in [5, 5.41) is 14.4. The van der Waals surface area contributed by atoms with Gasteiger partial charge in [0.15, 0.2) is 17.3 Å². The van der Waals surface area contributed by atoms with Crippen molar-refractivity contribution >= 4 is 28.5 Å². The Balaban J connectivity index is 1.24. The molecule has 1 saturated carbocycles. The molecular formula is C27H27ClF2N2O5. The Hall–Kier alpha value is -2.88. The second-order valence-corrected chi connectivity index (χ2v) is 10.8. The van der Waals surface area contributed by atoms with Gasteiger partial charge in [-0.3, -0.25) is 9.69 Å². The third-order valence-corrected chi connectivity index (χ3v) is 7.90. The van der Waals surface area contributed by atoms with Crippen molar-refractivity contribution in [3.8, 4) is 11.5 Å². The number of alkyl halides is 2. The fourth-order valence-corrected chi connectivity index (χ4v) is 5.72. The van der Waals surface area contributed by atoms with E-state index in [9.17, 15) is 9.90 Å². The van der Waals surface area contributed by atoms with E-state index in [0.29, 0.717) is 46.1 Å². The van der Waals surface area contributed by atoms with Gasteiger partial charge in [-0.2, -0.15) is 8.78 Å². The van der Waals surface area contributed by atoms with Gasteiger partial charge in [0.2, 0.25) is 0 Å². The molecule has 2 N–H and O–H groups in total. The monoisotopic (exact) mass is 532 g/mol. The van der Waals surface area contributed by atoms with Crippen LogP contribution in [-0.4, -0.2) is 54.8 Å². The minimum Gasteiger partial charge on any atom is -0.486 e. The molecule has 1 spiro atoms. The largest absolute Gasteiger partial charge is 0.486 e. The Kier molecular flexibility index (Phi) is 6.05. The van der Waals surface area contributed by atoms with E-state index in [2.05, 4.69) is 10.2 Å². The summed E-state index contributed by atoms with van der Waals surface area (Å²) in [6.45, 7) is 2.68. The van der Waals surface area contributed by atoms with E-state index in [1.54, 1.807) is 18.2 Å². The van der Waals surface area contributed by atoms with Gasteiger partial charge in [0, 0.05) is 30.0 Å². The van der Waals surface area contributed by atoms with Gasteiger partial charge in [0.05, 0.1) is 6.04 Å². The second kappa shape index (κ2) is 9.15. The molecule has 196 valence electrons. The number of hydrogen-bond acceptors (Lipinski definition) is 6. The topological polar surface area (TPSA) is 84.2 Å². The normalized spacial score (nSPS) is 20.2. The van der Waals surface area contributed by atoms with Crippen molar-refractivity contribution in [1.82, 2.24) is 10.2 Å². The van der Waals surface area contributed by atoms with Crippen LogP contribution in [0.3, 0.4) is 0 Å². The fraction of sp³-hybridized carbons (Fsp3) is 0.444. The maximum Gasteiger partial charge on any atom is 0.380 e. The molecule has 0 radical (unpaired) electrons. The summed E-state index contributed by atoms with van der Waals surface area (Å²) < 4.78 is 47.0. The Morgan fingerprint density at radius 2 is 1.86 bits per heavy atom. The first-order valence-corrected chi connectivity index (χ1v) is 12.8. The van der Waals surface area contributed by atoms with Crippen molar-refractivity contribution in [3.05, 3.63) is 58.8 Å². The molecule has 37 heavy (non-hydrogen) atoms. The number of aliphatic hydroxyl groups excluding tert-OH is 1. The van der Waals surface area contributed by atoms with E-state index in [-0.39, 0.29) is 12.1 Å². The predicted molar refractivity (Wildman–Crippen MR) is 132 cm³/mol. The Morgan fingerprint density at radius 1 is 1.11 bits per heavy atom. The predicted octanol–water partition coefficient (Wildman–Crippen LogP) is 4.65. The lowest BCUT2D eigenvalue weighted by Gasteiger charge is -2.57. The molecule has 2 aliphatic heterocycles. The molecule has 10 heteroatoms. The van der Waals surface area contributed by atoms with Gasteiger partial charge >= 0.3 is 5.92 Å². The van der Waals surface area contributed by atoms with Crippen LogP contribution in [0.4, 0.5) is 8.78 Å². The van der Waals surface area contributed by atoms with Crippen molar-refractivity contribution in [2.24, 2.45) is 5.41 Å². The average Bonchev–Trinajstić information content (AvgIpc) is 3.27. The number of rotatable bonds is 7. The standard InChI is InChI=1S/C27H27ClF2N2O5/c28-18-3-5-20-17(10-18)12-23(37-20)27(29,30)25(34)31-19(13-32-14-26(15-32)6-1-7-26)24(33)16-2-4-21-22(11-16)36-9-8-35-21/h2-5,10-12,19,24,33H,1,6-9,13-15H2,(H,31,34). The SMILES string of the molecule is O=C(NC(CN1CC2(CCC2)C1)C(O)c1ccc2c(c1)OCCO2)C(F)(F)c1cc2cc(Cl)ccc2o1. The molecule has 2 fully saturated rings. The number of fused-ring (bicyclic) bond motifs is 2. The lowest BCUT2D eigenvalue weighted by molar-refractivity contribution is -0.152. The number of ether oxygens (including phenoxy) is 2. The van der Waals surface area contributed by atoms with Crippen molar-refractivity contribution in [3.63, 3.8) is 0 Å². The van der Waals surface area contributed by atoms with Crippen molar-refractivity contribution in [2.75, 3.05) is 32.8 Å². The first-order chi connectivity index (χ1) is 17.7. The summed E-state index contributed by atoms with van der Waals surface area (Å²) in [5.41, 5.74) is 0.942. The van der Waals surface area contributed by atoms with E-state index in [1.165, 1.54) is 24.6 Å². The zero-order valence-corrected chi connectivity index (χ0v) is 20.8. The van der Waals surface area contributed by atoms with Crippen molar-refractivity contribution in [1.29, 1.82) is 0 Å². The number of carbonyl (C=O) groups is 1. The number of nitrogens with zero attached hydrogens (tertiary/aromatic N) is 1. The van der Waals surface area contributed by atoms with E-state index in [1.807, 2.05) is 0 Å². The molecule has 1 saturated heterocycles. The molecule has 1 amide bonds. The van der Waals surface area contributed by atoms with Crippen LogP contribution in [0.2, 0.25) is 5.02 Å². The Labute approximate surface area is 217 Å². The minimum atomic E-state index is -3.96. The van der Waals surface area contributed by atoms with E-state index < -0.39 is 29.7 Å². The summed E-state index contributed by atoms with van der Waals surface area (Å²) in [7, 11) is 0. The molecule has 7 nitrogen and oxygen atoms in total. The highest BCUT2D eigenvalue weighted by molar-refractivity contribution is 6.31. The highest BCUT2D eigenvalue weighted by Gasteiger charge is 2.49. The molecule has 0 bridgehead atoms. The number of nitrogens with one attached hydrogen (secondary N) is 1. The third kappa shape index (κ3) is 4.53. The summed E-state index contributed by atoms with van der Waals surface area (Å²) in [4.78, 5) is 15.0. The highest BCUT2D eigenvalue weighted by atomic mass is 35.5. The number of halogens is 3. The van der Waals surface area contributed by atoms with Gasteiger partial charge < -0.3 is 24.3 Å². The molecule has 1 aromatic heterocycles. The summed E-state index contributed by atoms with van der Waals surface area (Å²) in [6.07, 6.45) is 2.25. The minimum absolute atomic E-state index is 0.200. The smallest absolute Gasteiger partial charge is 0.380 e. The van der Waals surface area contributed by atoms with Crippen LogP contribution in [0, 0.1) is 5.41 Å². The number of furan rings is 1. The Morgan fingerprint density at radius 3 is 2.59 bits per heavy atom. The number of carbonyl (C=O) groups excluding carboxylic acids is 1. The molecule has 2 atom stereocenters. The summed E-state index contributed by atoms with van der Waals surface area (Å²) in [5.74, 6) is -5.27. The molecule has 2 aromatic carbocycles. The lowest BCUT2D eigenvalue weighted by Crippen LogP contribution is -2.63. The molecule has 2 unspecified atom stereocenters. The number of likely N-dealkylation sites (tertiary alicyclic amines) is 1. The molecule has 1 aliphatic carbocycles. The zero-order valence-electron chi connectivity index (χ0n) is 20.0. The first-order valence-electron chi connectivity index (χ1n) is 12.4.